The van der Waals surface area contributed by atoms with E-state index in [1.54, 1.807) is 12.1 Å². The third kappa shape index (κ3) is 2.01. The molecule has 1 atom stereocenters. The highest BCUT2D eigenvalue weighted by Crippen LogP contribution is 2.42. The van der Waals surface area contributed by atoms with Crippen molar-refractivity contribution in [3.63, 3.8) is 0 Å². The predicted molar refractivity (Wildman–Crippen MR) is 74.9 cm³/mol. The average molecular weight is 268 g/mol. The summed E-state index contributed by atoms with van der Waals surface area (Å²) in [6.45, 7) is 1.82. The minimum absolute atomic E-state index is 0.299. The van der Waals surface area contributed by atoms with Crippen LogP contribution in [0.2, 0.25) is 0 Å². The Kier molecular flexibility index (Phi) is 3.11. The lowest BCUT2D eigenvalue weighted by molar-refractivity contribution is -0.108. The van der Waals surface area contributed by atoms with E-state index in [0.717, 1.165) is 23.0 Å². The summed E-state index contributed by atoms with van der Waals surface area (Å²) in [5, 5.41) is 0. The molecule has 0 saturated carbocycles. The van der Waals surface area contributed by atoms with Gasteiger partial charge in [-0.15, -0.1) is 0 Å². The molecule has 0 radical (unpaired) electrons. The van der Waals surface area contributed by atoms with Crippen molar-refractivity contribution in [2.45, 2.75) is 12.8 Å². The van der Waals surface area contributed by atoms with Crippen molar-refractivity contribution in [3.8, 4) is 5.75 Å². The minimum Gasteiger partial charge on any atom is -0.461 e. The number of allylic oxidation sites excluding steroid dienone is 2. The van der Waals surface area contributed by atoms with E-state index in [1.807, 2.05) is 31.2 Å². The number of rotatable bonds is 2. The summed E-state index contributed by atoms with van der Waals surface area (Å²) >= 11 is 0. The molecule has 3 heteroatoms. The van der Waals surface area contributed by atoms with Gasteiger partial charge in [0.05, 0.1) is 5.92 Å². The second kappa shape index (κ2) is 4.93. The molecule has 1 unspecified atom stereocenters. The van der Waals surface area contributed by atoms with E-state index < -0.39 is 0 Å². The lowest BCUT2D eigenvalue weighted by atomic mass is 9.85. The fourth-order valence-electron chi connectivity index (χ4n) is 2.58. The van der Waals surface area contributed by atoms with Gasteiger partial charge in [-0.3, -0.25) is 0 Å². The van der Waals surface area contributed by atoms with Crippen LogP contribution in [0.5, 0.6) is 5.75 Å². The van der Waals surface area contributed by atoms with Gasteiger partial charge >= 0.3 is 0 Å². The van der Waals surface area contributed by atoms with Gasteiger partial charge in [-0.2, -0.15) is 0 Å². The Morgan fingerprint density at radius 1 is 1.10 bits per heavy atom. The SMILES string of the molecule is CC1=C(c2ccc(F)cc2)C(C=O)c2ccccc2O1. The topological polar surface area (TPSA) is 26.3 Å². The zero-order chi connectivity index (χ0) is 14.1. The fourth-order valence-corrected chi connectivity index (χ4v) is 2.58. The smallest absolute Gasteiger partial charge is 0.132 e. The molecule has 2 aromatic carbocycles. The quantitative estimate of drug-likeness (QED) is 0.771. The van der Waals surface area contributed by atoms with Gasteiger partial charge in [0.1, 0.15) is 23.6 Å². The van der Waals surface area contributed by atoms with Crippen LogP contribution in [0.4, 0.5) is 4.39 Å². The number of para-hydroxylation sites is 1. The van der Waals surface area contributed by atoms with Crippen molar-refractivity contribution in [2.24, 2.45) is 0 Å². The van der Waals surface area contributed by atoms with Gasteiger partial charge in [0.2, 0.25) is 0 Å². The molecule has 1 aliphatic heterocycles. The molecule has 0 aliphatic carbocycles. The molecule has 0 spiro atoms. The van der Waals surface area contributed by atoms with Crippen molar-refractivity contribution in [1.82, 2.24) is 0 Å². The molecule has 0 saturated heterocycles. The average Bonchev–Trinajstić information content (AvgIpc) is 2.47. The maximum atomic E-state index is 13.1. The number of ether oxygens (including phenoxy) is 1. The molecule has 20 heavy (non-hydrogen) atoms. The number of halogens is 1. The van der Waals surface area contributed by atoms with Crippen LogP contribution in [0.1, 0.15) is 24.0 Å². The number of carbonyl (C=O) groups is 1. The van der Waals surface area contributed by atoms with E-state index in [4.69, 9.17) is 4.74 Å². The van der Waals surface area contributed by atoms with Crippen LogP contribution in [-0.4, -0.2) is 6.29 Å². The first-order chi connectivity index (χ1) is 9.70. The fraction of sp³-hybridized carbons (Fsp3) is 0.118. The largest absolute Gasteiger partial charge is 0.461 e. The molecule has 0 fully saturated rings. The lowest BCUT2D eigenvalue weighted by Gasteiger charge is -2.26. The molecule has 100 valence electrons. The van der Waals surface area contributed by atoms with Gasteiger partial charge in [-0.25, -0.2) is 4.39 Å². The molecule has 0 N–H and O–H groups in total. The van der Waals surface area contributed by atoms with E-state index in [-0.39, 0.29) is 11.7 Å². The lowest BCUT2D eigenvalue weighted by Crippen LogP contribution is -2.14. The van der Waals surface area contributed by atoms with E-state index >= 15 is 0 Å². The number of carbonyl (C=O) groups excluding carboxylic acids is 1. The number of fused-ring (bicyclic) bond motifs is 1. The van der Waals surface area contributed by atoms with Crippen LogP contribution < -0.4 is 4.74 Å². The normalized spacial score (nSPS) is 17.4. The number of hydrogen-bond acceptors (Lipinski definition) is 2. The molecular formula is C17H13FO2. The van der Waals surface area contributed by atoms with Crippen LogP contribution in [0, 0.1) is 5.82 Å². The highest BCUT2D eigenvalue weighted by atomic mass is 19.1. The second-order valence-electron chi connectivity index (χ2n) is 4.73. The first-order valence-electron chi connectivity index (χ1n) is 6.39. The Hall–Kier alpha value is -2.42. The molecule has 0 bridgehead atoms. The number of benzene rings is 2. The van der Waals surface area contributed by atoms with Gasteiger partial charge in [0.15, 0.2) is 0 Å². The molecule has 3 rings (SSSR count). The molecule has 1 aliphatic rings. The Labute approximate surface area is 116 Å². The van der Waals surface area contributed by atoms with Gasteiger partial charge in [0, 0.05) is 11.1 Å². The minimum atomic E-state index is -0.384. The Morgan fingerprint density at radius 3 is 2.50 bits per heavy atom. The first-order valence-corrected chi connectivity index (χ1v) is 6.39. The highest BCUT2D eigenvalue weighted by molar-refractivity contribution is 5.89. The zero-order valence-corrected chi connectivity index (χ0v) is 11.0. The summed E-state index contributed by atoms with van der Waals surface area (Å²) in [5.74, 6) is 0.692. The van der Waals surface area contributed by atoms with Crippen molar-refractivity contribution in [1.29, 1.82) is 0 Å². The van der Waals surface area contributed by atoms with Gasteiger partial charge in [-0.1, -0.05) is 30.3 Å². The van der Waals surface area contributed by atoms with Crippen molar-refractivity contribution < 1.29 is 13.9 Å². The maximum Gasteiger partial charge on any atom is 0.132 e. The van der Waals surface area contributed by atoms with Crippen molar-refractivity contribution in [2.75, 3.05) is 0 Å². The summed E-state index contributed by atoms with van der Waals surface area (Å²) in [6, 6.07) is 13.6. The predicted octanol–water partition coefficient (Wildman–Crippen LogP) is 3.93. The summed E-state index contributed by atoms with van der Waals surface area (Å²) < 4.78 is 18.8. The third-order valence-electron chi connectivity index (χ3n) is 3.50. The molecule has 2 aromatic rings. The van der Waals surface area contributed by atoms with Crippen LogP contribution in [0.25, 0.3) is 5.57 Å². The number of aldehydes is 1. The summed E-state index contributed by atoms with van der Waals surface area (Å²) in [4.78, 5) is 11.6. The van der Waals surface area contributed by atoms with Crippen molar-refractivity contribution >= 4 is 11.9 Å². The van der Waals surface area contributed by atoms with E-state index in [0.29, 0.717) is 11.5 Å². The van der Waals surface area contributed by atoms with Gasteiger partial charge < -0.3 is 9.53 Å². The molecular weight excluding hydrogens is 255 g/mol. The third-order valence-corrected chi connectivity index (χ3v) is 3.50. The van der Waals surface area contributed by atoms with Crippen LogP contribution in [0.15, 0.2) is 54.3 Å². The van der Waals surface area contributed by atoms with Gasteiger partial charge in [-0.05, 0) is 30.7 Å². The standard InChI is InChI=1S/C17H13FO2/c1-11-17(12-6-8-13(18)9-7-12)15(10-19)14-4-2-3-5-16(14)20-11/h2-10,15H,1H3. The Balaban J connectivity index is 2.14. The Bertz CT molecular complexity index is 686. The van der Waals surface area contributed by atoms with E-state index in [1.165, 1.54) is 12.1 Å². The first kappa shape index (κ1) is 12.6. The van der Waals surface area contributed by atoms with E-state index in [9.17, 15) is 9.18 Å². The number of hydrogen-bond donors (Lipinski definition) is 0. The summed E-state index contributed by atoms with van der Waals surface area (Å²) in [5.41, 5.74) is 2.43. The van der Waals surface area contributed by atoms with Crippen LogP contribution in [0.3, 0.4) is 0 Å². The summed E-state index contributed by atoms with van der Waals surface area (Å²) in [7, 11) is 0. The molecule has 0 aromatic heterocycles. The molecule has 0 amide bonds. The molecule has 1 heterocycles. The Morgan fingerprint density at radius 2 is 1.80 bits per heavy atom. The van der Waals surface area contributed by atoms with E-state index in [2.05, 4.69) is 0 Å². The van der Waals surface area contributed by atoms with Crippen molar-refractivity contribution in [3.05, 3.63) is 71.2 Å². The monoisotopic (exact) mass is 268 g/mol. The second-order valence-corrected chi connectivity index (χ2v) is 4.73. The summed E-state index contributed by atoms with van der Waals surface area (Å²) in [6.07, 6.45) is 0.906. The van der Waals surface area contributed by atoms with Crippen LogP contribution in [-0.2, 0) is 4.79 Å². The zero-order valence-electron chi connectivity index (χ0n) is 11.0. The van der Waals surface area contributed by atoms with Gasteiger partial charge in [0.25, 0.3) is 0 Å². The highest BCUT2D eigenvalue weighted by Gasteiger charge is 2.28. The molecule has 2 nitrogen and oxygen atoms in total. The van der Waals surface area contributed by atoms with Crippen LogP contribution >= 0.6 is 0 Å². The maximum absolute atomic E-state index is 13.1.